The topological polar surface area (TPSA) is 90.8 Å². The summed E-state index contributed by atoms with van der Waals surface area (Å²) in [7, 11) is 3.66. The van der Waals surface area contributed by atoms with Gasteiger partial charge in [0.25, 0.3) is 5.91 Å². The summed E-state index contributed by atoms with van der Waals surface area (Å²) in [5.41, 5.74) is 3.29. The van der Waals surface area contributed by atoms with Crippen LogP contribution in [0.1, 0.15) is 34.7 Å². The van der Waals surface area contributed by atoms with E-state index in [0.29, 0.717) is 22.7 Å². The number of hydrogen-bond acceptors (Lipinski definition) is 5. The van der Waals surface area contributed by atoms with Crippen LogP contribution in [-0.2, 0) is 14.1 Å². The van der Waals surface area contributed by atoms with Gasteiger partial charge >= 0.3 is 0 Å². The number of hydrogen-bond donors (Lipinski definition) is 1. The summed E-state index contributed by atoms with van der Waals surface area (Å²) < 4.78 is 8.85. The maximum atomic E-state index is 13.1. The van der Waals surface area contributed by atoms with E-state index in [4.69, 9.17) is 4.42 Å². The van der Waals surface area contributed by atoms with Crippen molar-refractivity contribution in [2.24, 2.45) is 14.1 Å². The third-order valence-corrected chi connectivity index (χ3v) is 4.51. The molecule has 1 atom stereocenters. The number of aryl methyl sites for hydroxylation is 3. The van der Waals surface area contributed by atoms with E-state index >= 15 is 0 Å². The number of nitrogens with zero attached hydrogens (tertiary/aromatic N) is 5. The molecule has 0 radical (unpaired) electrons. The van der Waals surface area contributed by atoms with Crippen LogP contribution >= 0.6 is 0 Å². The summed E-state index contributed by atoms with van der Waals surface area (Å²) in [5, 5.41) is 12.5. The average Bonchev–Trinajstić information content (AvgIpc) is 3.36. The molecule has 0 bridgehead atoms. The molecule has 0 saturated heterocycles. The standard InChI is InChI=1S/C19H20N6O2/c1-11(14-7-8-24(3)23-14)20-19(26)13-10-15(16-6-5-9-27-16)21-18-17(13)12(2)22-25(18)4/h5-11H,1-4H3,(H,20,26)/t11-/m1/s1. The normalized spacial score (nSPS) is 12.4. The predicted octanol–water partition coefficient (Wildman–Crippen LogP) is 2.76. The largest absolute Gasteiger partial charge is 0.463 e. The van der Waals surface area contributed by atoms with Gasteiger partial charge in [0, 0.05) is 20.3 Å². The van der Waals surface area contributed by atoms with Crippen LogP contribution in [0, 0.1) is 6.92 Å². The maximum absolute atomic E-state index is 13.1. The Morgan fingerprint density at radius 3 is 2.74 bits per heavy atom. The summed E-state index contributed by atoms with van der Waals surface area (Å²) in [6.07, 6.45) is 3.43. The van der Waals surface area contributed by atoms with Crippen molar-refractivity contribution in [3.05, 3.63) is 53.7 Å². The van der Waals surface area contributed by atoms with Gasteiger partial charge in [-0.3, -0.25) is 14.2 Å². The highest BCUT2D eigenvalue weighted by Gasteiger charge is 2.22. The van der Waals surface area contributed by atoms with Gasteiger partial charge in [0.05, 0.1) is 34.6 Å². The van der Waals surface area contributed by atoms with Crippen molar-refractivity contribution in [2.45, 2.75) is 19.9 Å². The van der Waals surface area contributed by atoms with Gasteiger partial charge in [-0.15, -0.1) is 0 Å². The Labute approximate surface area is 155 Å². The Balaban J connectivity index is 1.78. The van der Waals surface area contributed by atoms with E-state index in [1.165, 1.54) is 0 Å². The number of aromatic nitrogens is 5. The first-order valence-electron chi connectivity index (χ1n) is 8.62. The fraction of sp³-hybridized carbons (Fsp3) is 0.263. The van der Waals surface area contributed by atoms with Gasteiger partial charge in [0.15, 0.2) is 11.4 Å². The Kier molecular flexibility index (Phi) is 4.02. The summed E-state index contributed by atoms with van der Waals surface area (Å²) in [6.45, 7) is 3.78. The molecule has 4 aromatic heterocycles. The predicted molar refractivity (Wildman–Crippen MR) is 100 cm³/mol. The molecule has 1 amide bonds. The third-order valence-electron chi connectivity index (χ3n) is 4.51. The fourth-order valence-electron chi connectivity index (χ4n) is 3.19. The molecule has 4 heterocycles. The van der Waals surface area contributed by atoms with Crippen LogP contribution in [0.4, 0.5) is 0 Å². The van der Waals surface area contributed by atoms with Crippen LogP contribution in [-0.4, -0.2) is 30.5 Å². The lowest BCUT2D eigenvalue weighted by atomic mass is 10.1. The maximum Gasteiger partial charge on any atom is 0.252 e. The van der Waals surface area contributed by atoms with Crippen molar-refractivity contribution in [1.82, 2.24) is 29.9 Å². The molecular weight excluding hydrogens is 344 g/mol. The van der Waals surface area contributed by atoms with Crippen molar-refractivity contribution in [3.63, 3.8) is 0 Å². The zero-order chi connectivity index (χ0) is 19.1. The summed E-state index contributed by atoms with van der Waals surface area (Å²) in [4.78, 5) is 17.7. The van der Waals surface area contributed by atoms with Crippen LogP contribution in [0.3, 0.4) is 0 Å². The molecule has 4 aromatic rings. The van der Waals surface area contributed by atoms with Gasteiger partial charge in [0.1, 0.15) is 5.69 Å². The molecule has 0 aliphatic heterocycles. The van der Waals surface area contributed by atoms with E-state index in [2.05, 4.69) is 20.5 Å². The van der Waals surface area contributed by atoms with Crippen molar-refractivity contribution in [1.29, 1.82) is 0 Å². The highest BCUT2D eigenvalue weighted by molar-refractivity contribution is 6.07. The minimum atomic E-state index is -0.231. The summed E-state index contributed by atoms with van der Waals surface area (Å²) >= 11 is 0. The Morgan fingerprint density at radius 1 is 1.26 bits per heavy atom. The summed E-state index contributed by atoms with van der Waals surface area (Å²) in [5.74, 6) is 0.395. The number of carbonyl (C=O) groups is 1. The lowest BCUT2D eigenvalue weighted by Crippen LogP contribution is -2.27. The van der Waals surface area contributed by atoms with Gasteiger partial charge in [0.2, 0.25) is 0 Å². The number of fused-ring (bicyclic) bond motifs is 1. The molecule has 0 spiro atoms. The molecule has 0 unspecified atom stereocenters. The molecule has 27 heavy (non-hydrogen) atoms. The molecule has 138 valence electrons. The lowest BCUT2D eigenvalue weighted by molar-refractivity contribution is 0.0940. The first kappa shape index (κ1) is 17.0. The van der Waals surface area contributed by atoms with Crippen LogP contribution in [0.15, 0.2) is 41.1 Å². The highest BCUT2D eigenvalue weighted by atomic mass is 16.3. The molecule has 0 aliphatic carbocycles. The SMILES string of the molecule is Cc1nn(C)c2nc(-c3ccco3)cc(C(=O)N[C@H](C)c3ccn(C)n3)c12. The van der Waals surface area contributed by atoms with E-state index in [9.17, 15) is 4.79 Å². The number of carbonyl (C=O) groups excluding carboxylic acids is 1. The van der Waals surface area contributed by atoms with Gasteiger partial charge in [-0.25, -0.2) is 4.98 Å². The Hall–Kier alpha value is -3.42. The second-order valence-corrected chi connectivity index (χ2v) is 6.55. The molecule has 1 N–H and O–H groups in total. The molecule has 8 heteroatoms. The van der Waals surface area contributed by atoms with Gasteiger partial charge in [-0.1, -0.05) is 0 Å². The Bertz CT molecular complexity index is 1120. The number of furan rings is 1. The molecule has 8 nitrogen and oxygen atoms in total. The van der Waals surface area contributed by atoms with Crippen molar-refractivity contribution in [3.8, 4) is 11.5 Å². The number of pyridine rings is 1. The monoisotopic (exact) mass is 364 g/mol. The molecule has 0 fully saturated rings. The zero-order valence-corrected chi connectivity index (χ0v) is 15.6. The van der Waals surface area contributed by atoms with E-state index in [1.807, 2.05) is 46.3 Å². The van der Waals surface area contributed by atoms with Crippen LogP contribution in [0.25, 0.3) is 22.5 Å². The van der Waals surface area contributed by atoms with Crippen molar-refractivity contribution < 1.29 is 9.21 Å². The molecular formula is C19H20N6O2. The number of amides is 1. The molecule has 0 saturated carbocycles. The minimum Gasteiger partial charge on any atom is -0.463 e. The quantitative estimate of drug-likeness (QED) is 0.601. The highest BCUT2D eigenvalue weighted by Crippen LogP contribution is 2.27. The zero-order valence-electron chi connectivity index (χ0n) is 15.6. The molecule has 4 rings (SSSR count). The van der Waals surface area contributed by atoms with Gasteiger partial charge < -0.3 is 9.73 Å². The van der Waals surface area contributed by atoms with E-state index in [1.54, 1.807) is 27.8 Å². The summed E-state index contributed by atoms with van der Waals surface area (Å²) in [6, 6.07) is 7.01. The van der Waals surface area contributed by atoms with E-state index in [0.717, 1.165) is 16.8 Å². The van der Waals surface area contributed by atoms with Gasteiger partial charge in [-0.2, -0.15) is 10.2 Å². The van der Waals surface area contributed by atoms with Crippen LogP contribution in [0.2, 0.25) is 0 Å². The lowest BCUT2D eigenvalue weighted by Gasteiger charge is -2.13. The third kappa shape index (κ3) is 2.99. The number of nitrogens with one attached hydrogen (secondary N) is 1. The minimum absolute atomic E-state index is 0.204. The molecule has 0 aliphatic rings. The van der Waals surface area contributed by atoms with E-state index < -0.39 is 0 Å². The van der Waals surface area contributed by atoms with Crippen LogP contribution in [0.5, 0.6) is 0 Å². The molecule has 0 aromatic carbocycles. The number of rotatable bonds is 4. The average molecular weight is 364 g/mol. The van der Waals surface area contributed by atoms with Crippen molar-refractivity contribution >= 4 is 16.9 Å². The van der Waals surface area contributed by atoms with Gasteiger partial charge in [-0.05, 0) is 38.1 Å². The first-order chi connectivity index (χ1) is 12.9. The fourth-order valence-corrected chi connectivity index (χ4v) is 3.19. The smallest absolute Gasteiger partial charge is 0.252 e. The van der Waals surface area contributed by atoms with E-state index in [-0.39, 0.29) is 11.9 Å². The van der Waals surface area contributed by atoms with Crippen LogP contribution < -0.4 is 5.32 Å². The second-order valence-electron chi connectivity index (χ2n) is 6.55. The second kappa shape index (κ2) is 6.39. The first-order valence-corrected chi connectivity index (χ1v) is 8.62. The van der Waals surface area contributed by atoms with Crippen molar-refractivity contribution in [2.75, 3.05) is 0 Å². The Morgan fingerprint density at radius 2 is 2.07 bits per heavy atom.